The van der Waals surface area contributed by atoms with Crippen molar-refractivity contribution in [1.82, 2.24) is 19.6 Å². The van der Waals surface area contributed by atoms with Crippen molar-refractivity contribution in [2.75, 3.05) is 39.3 Å². The van der Waals surface area contributed by atoms with Crippen molar-refractivity contribution in [3.63, 3.8) is 0 Å². The van der Waals surface area contributed by atoms with Gasteiger partial charge in [0.15, 0.2) is 0 Å². The van der Waals surface area contributed by atoms with E-state index in [1.165, 1.54) is 5.69 Å². The van der Waals surface area contributed by atoms with Gasteiger partial charge in [0.1, 0.15) is 0 Å². The Balaban J connectivity index is 1.82. The van der Waals surface area contributed by atoms with E-state index in [0.717, 1.165) is 52.1 Å². The number of aliphatic hydroxyl groups excluding tert-OH is 1. The van der Waals surface area contributed by atoms with Crippen LogP contribution < -0.4 is 0 Å². The van der Waals surface area contributed by atoms with E-state index >= 15 is 0 Å². The number of rotatable bonds is 7. The largest absolute Gasteiger partial charge is 0.395 e. The standard InChI is InChI=1S/C15H28N4O/c1-3-15(4-2)19-6-5-14(16-19)13-18-9-7-17(8-10-18)11-12-20/h5-6,15,20H,3-4,7-13H2,1-2H3. The molecule has 5 heteroatoms. The molecule has 0 spiro atoms. The summed E-state index contributed by atoms with van der Waals surface area (Å²) in [6.45, 7) is 10.7. The van der Waals surface area contributed by atoms with Crippen LogP contribution >= 0.6 is 0 Å². The molecule has 0 atom stereocenters. The van der Waals surface area contributed by atoms with Gasteiger partial charge in [-0.3, -0.25) is 14.5 Å². The molecule has 1 N–H and O–H groups in total. The molecule has 0 aliphatic carbocycles. The third-order valence-electron chi connectivity index (χ3n) is 4.25. The van der Waals surface area contributed by atoms with Gasteiger partial charge in [0.2, 0.25) is 0 Å². The van der Waals surface area contributed by atoms with Gasteiger partial charge in [-0.1, -0.05) is 13.8 Å². The van der Waals surface area contributed by atoms with Crippen LogP contribution in [0.5, 0.6) is 0 Å². The lowest BCUT2D eigenvalue weighted by Gasteiger charge is -2.33. The van der Waals surface area contributed by atoms with Crippen LogP contribution in [0.4, 0.5) is 0 Å². The SMILES string of the molecule is CCC(CC)n1ccc(CN2CCN(CCO)CC2)n1. The number of β-amino-alcohol motifs (C(OH)–C–C–N with tert-alkyl or cyclic N) is 1. The van der Waals surface area contributed by atoms with Gasteiger partial charge >= 0.3 is 0 Å². The van der Waals surface area contributed by atoms with Crippen LogP contribution in [-0.4, -0.2) is 64.0 Å². The molecule has 114 valence electrons. The Morgan fingerprint density at radius 2 is 1.80 bits per heavy atom. The summed E-state index contributed by atoms with van der Waals surface area (Å²) in [5.41, 5.74) is 1.17. The molecule has 0 unspecified atom stereocenters. The van der Waals surface area contributed by atoms with E-state index in [1.54, 1.807) is 0 Å². The Labute approximate surface area is 122 Å². The second-order valence-corrected chi connectivity index (χ2v) is 5.60. The second kappa shape index (κ2) is 7.76. The minimum absolute atomic E-state index is 0.264. The van der Waals surface area contributed by atoms with Gasteiger partial charge < -0.3 is 5.11 Å². The van der Waals surface area contributed by atoms with Gasteiger partial charge in [-0.25, -0.2) is 0 Å². The van der Waals surface area contributed by atoms with Crippen molar-refractivity contribution >= 4 is 0 Å². The molecule has 5 nitrogen and oxygen atoms in total. The number of hydrogen-bond donors (Lipinski definition) is 1. The molecule has 0 aromatic carbocycles. The molecule has 1 aromatic heterocycles. The van der Waals surface area contributed by atoms with Crippen LogP contribution in [-0.2, 0) is 6.54 Å². The summed E-state index contributed by atoms with van der Waals surface area (Å²) in [5, 5.41) is 13.7. The molecule has 20 heavy (non-hydrogen) atoms. The number of piperazine rings is 1. The number of hydrogen-bond acceptors (Lipinski definition) is 4. The minimum atomic E-state index is 0.264. The second-order valence-electron chi connectivity index (χ2n) is 5.60. The molecule has 1 fully saturated rings. The Bertz CT molecular complexity index is 381. The topological polar surface area (TPSA) is 44.5 Å². The smallest absolute Gasteiger partial charge is 0.0764 e. The molecule has 1 aliphatic rings. The molecule has 0 radical (unpaired) electrons. The van der Waals surface area contributed by atoms with Crippen molar-refractivity contribution in [1.29, 1.82) is 0 Å². The molecule has 0 saturated carbocycles. The van der Waals surface area contributed by atoms with Crippen molar-refractivity contribution in [3.8, 4) is 0 Å². The lowest BCUT2D eigenvalue weighted by atomic mass is 10.2. The molecule has 1 aliphatic heterocycles. The van der Waals surface area contributed by atoms with Crippen LogP contribution in [0, 0.1) is 0 Å². The van der Waals surface area contributed by atoms with Crippen LogP contribution in [0.25, 0.3) is 0 Å². The predicted molar refractivity (Wildman–Crippen MR) is 80.6 cm³/mol. The summed E-state index contributed by atoms with van der Waals surface area (Å²) in [6.07, 6.45) is 4.39. The first-order valence-electron chi connectivity index (χ1n) is 7.86. The van der Waals surface area contributed by atoms with E-state index in [0.29, 0.717) is 6.04 Å². The Morgan fingerprint density at radius 1 is 1.15 bits per heavy atom. The average molecular weight is 280 g/mol. The molecular weight excluding hydrogens is 252 g/mol. The van der Waals surface area contributed by atoms with Gasteiger partial charge in [-0.2, -0.15) is 5.10 Å². The normalized spacial score (nSPS) is 18.0. The van der Waals surface area contributed by atoms with Crippen molar-refractivity contribution in [2.45, 2.75) is 39.3 Å². The van der Waals surface area contributed by atoms with Crippen LogP contribution in [0.1, 0.15) is 38.4 Å². The van der Waals surface area contributed by atoms with Crippen LogP contribution in [0.3, 0.4) is 0 Å². The van der Waals surface area contributed by atoms with Crippen LogP contribution in [0.15, 0.2) is 12.3 Å². The summed E-state index contributed by atoms with van der Waals surface area (Å²) in [4.78, 5) is 4.77. The molecule has 2 rings (SSSR count). The van der Waals surface area contributed by atoms with E-state index in [9.17, 15) is 0 Å². The quantitative estimate of drug-likeness (QED) is 0.819. The summed E-state index contributed by atoms with van der Waals surface area (Å²) in [7, 11) is 0. The molecule has 0 bridgehead atoms. The average Bonchev–Trinajstić information content (AvgIpc) is 2.91. The Morgan fingerprint density at radius 3 is 2.40 bits per heavy atom. The maximum Gasteiger partial charge on any atom is 0.0764 e. The third-order valence-corrected chi connectivity index (χ3v) is 4.25. The van der Waals surface area contributed by atoms with E-state index in [-0.39, 0.29) is 6.61 Å². The lowest BCUT2D eigenvalue weighted by Crippen LogP contribution is -2.46. The fraction of sp³-hybridized carbons (Fsp3) is 0.800. The van der Waals surface area contributed by atoms with Gasteiger partial charge in [0, 0.05) is 45.5 Å². The van der Waals surface area contributed by atoms with Gasteiger partial charge in [0.05, 0.1) is 18.3 Å². The highest BCUT2D eigenvalue weighted by atomic mass is 16.3. The van der Waals surface area contributed by atoms with E-state index in [1.807, 2.05) is 0 Å². The zero-order chi connectivity index (χ0) is 14.4. The number of aromatic nitrogens is 2. The van der Waals surface area contributed by atoms with E-state index in [2.05, 4.69) is 40.6 Å². The molecule has 1 aromatic rings. The molecule has 0 amide bonds. The van der Waals surface area contributed by atoms with Gasteiger partial charge in [-0.15, -0.1) is 0 Å². The number of nitrogens with zero attached hydrogens (tertiary/aromatic N) is 4. The first-order chi connectivity index (χ1) is 9.76. The highest BCUT2D eigenvalue weighted by Gasteiger charge is 2.17. The summed E-state index contributed by atoms with van der Waals surface area (Å²) in [6, 6.07) is 2.68. The first kappa shape index (κ1) is 15.5. The maximum absolute atomic E-state index is 8.95. The summed E-state index contributed by atoms with van der Waals surface area (Å²) < 4.78 is 2.12. The minimum Gasteiger partial charge on any atom is -0.395 e. The highest BCUT2D eigenvalue weighted by molar-refractivity contribution is 5.00. The van der Waals surface area contributed by atoms with E-state index in [4.69, 9.17) is 10.2 Å². The summed E-state index contributed by atoms with van der Waals surface area (Å²) >= 11 is 0. The third kappa shape index (κ3) is 4.04. The highest BCUT2D eigenvalue weighted by Crippen LogP contribution is 2.15. The predicted octanol–water partition coefficient (Wildman–Crippen LogP) is 1.35. The molecular formula is C15H28N4O. The zero-order valence-corrected chi connectivity index (χ0v) is 12.8. The lowest BCUT2D eigenvalue weighted by molar-refractivity contribution is 0.107. The number of aliphatic hydroxyl groups is 1. The summed E-state index contributed by atoms with van der Waals surface area (Å²) in [5.74, 6) is 0. The van der Waals surface area contributed by atoms with Crippen LogP contribution in [0.2, 0.25) is 0 Å². The first-order valence-corrected chi connectivity index (χ1v) is 7.86. The molecule has 2 heterocycles. The monoisotopic (exact) mass is 280 g/mol. The Hall–Kier alpha value is -0.910. The van der Waals surface area contributed by atoms with Crippen molar-refractivity contribution in [2.24, 2.45) is 0 Å². The zero-order valence-electron chi connectivity index (χ0n) is 12.8. The fourth-order valence-corrected chi connectivity index (χ4v) is 2.87. The van der Waals surface area contributed by atoms with E-state index < -0.39 is 0 Å². The van der Waals surface area contributed by atoms with Gasteiger partial charge in [0.25, 0.3) is 0 Å². The Kier molecular flexibility index (Phi) is 6.01. The van der Waals surface area contributed by atoms with Gasteiger partial charge in [-0.05, 0) is 18.9 Å². The van der Waals surface area contributed by atoms with Crippen molar-refractivity contribution in [3.05, 3.63) is 18.0 Å². The van der Waals surface area contributed by atoms with Crippen molar-refractivity contribution < 1.29 is 5.11 Å². The maximum atomic E-state index is 8.95. The molecule has 1 saturated heterocycles. The fourth-order valence-electron chi connectivity index (χ4n) is 2.87.